The van der Waals surface area contributed by atoms with Gasteiger partial charge in [-0.05, 0) is 30.0 Å². The van der Waals surface area contributed by atoms with Crippen LogP contribution >= 0.6 is 11.6 Å². The van der Waals surface area contributed by atoms with Crippen LogP contribution in [0.4, 0.5) is 5.69 Å². The Balaban J connectivity index is 2.24. The molecule has 6 heteroatoms. The standard InChI is InChI=1S/C13H16ClN3O2/c1-13(2)6-9(13)12(18)16-10-5-7(14)3-4-8(10)11(15)17-19/h3-5,9,19H,6H2,1-2H3,(H2,15,17)(H,16,18). The number of hydrogen-bond donors (Lipinski definition) is 3. The fourth-order valence-corrected chi connectivity index (χ4v) is 2.20. The summed E-state index contributed by atoms with van der Waals surface area (Å²) < 4.78 is 0. The van der Waals surface area contributed by atoms with E-state index in [-0.39, 0.29) is 23.1 Å². The number of nitrogens with two attached hydrogens (primary N) is 1. The van der Waals surface area contributed by atoms with Gasteiger partial charge in [-0.2, -0.15) is 0 Å². The van der Waals surface area contributed by atoms with Crippen molar-refractivity contribution in [3.05, 3.63) is 28.8 Å². The second-order valence-corrected chi connectivity index (χ2v) is 5.85. The van der Waals surface area contributed by atoms with Crippen LogP contribution in [0.5, 0.6) is 0 Å². The topological polar surface area (TPSA) is 87.7 Å². The number of nitrogens with one attached hydrogen (secondary N) is 1. The maximum atomic E-state index is 12.1. The number of amides is 1. The predicted octanol–water partition coefficient (Wildman–Crippen LogP) is 2.42. The van der Waals surface area contributed by atoms with E-state index in [4.69, 9.17) is 22.5 Å². The van der Waals surface area contributed by atoms with Crippen molar-refractivity contribution in [1.29, 1.82) is 0 Å². The first-order valence-electron chi connectivity index (χ1n) is 5.93. The normalized spacial score (nSPS) is 21.0. The summed E-state index contributed by atoms with van der Waals surface area (Å²) in [7, 11) is 0. The third-order valence-corrected chi connectivity index (χ3v) is 3.69. The number of nitrogens with zero attached hydrogens (tertiary/aromatic N) is 1. The Bertz CT molecular complexity index is 555. The highest BCUT2D eigenvalue weighted by Crippen LogP contribution is 2.52. The molecule has 1 saturated carbocycles. The van der Waals surface area contributed by atoms with E-state index in [0.29, 0.717) is 16.3 Å². The van der Waals surface area contributed by atoms with E-state index in [0.717, 1.165) is 6.42 Å². The Kier molecular flexibility index (Phi) is 3.41. The summed E-state index contributed by atoms with van der Waals surface area (Å²) >= 11 is 5.90. The van der Waals surface area contributed by atoms with E-state index in [9.17, 15) is 4.79 Å². The lowest BCUT2D eigenvalue weighted by Gasteiger charge is -2.11. The van der Waals surface area contributed by atoms with Crippen LogP contribution in [-0.4, -0.2) is 17.0 Å². The Hall–Kier alpha value is -1.75. The molecule has 0 radical (unpaired) electrons. The van der Waals surface area contributed by atoms with Gasteiger partial charge < -0.3 is 16.3 Å². The lowest BCUT2D eigenvalue weighted by molar-refractivity contribution is -0.118. The van der Waals surface area contributed by atoms with Crippen molar-refractivity contribution in [3.63, 3.8) is 0 Å². The molecule has 19 heavy (non-hydrogen) atoms. The smallest absolute Gasteiger partial charge is 0.228 e. The summed E-state index contributed by atoms with van der Waals surface area (Å²) in [6.45, 7) is 4.08. The minimum absolute atomic E-state index is 0.00776. The number of halogens is 1. The van der Waals surface area contributed by atoms with Gasteiger partial charge in [0.15, 0.2) is 5.84 Å². The molecule has 0 spiro atoms. The highest BCUT2D eigenvalue weighted by atomic mass is 35.5. The minimum atomic E-state index is -0.0701. The summed E-state index contributed by atoms with van der Waals surface area (Å²) in [5.74, 6) is -0.145. The maximum Gasteiger partial charge on any atom is 0.228 e. The van der Waals surface area contributed by atoms with E-state index >= 15 is 0 Å². The molecule has 102 valence electrons. The van der Waals surface area contributed by atoms with Gasteiger partial charge in [-0.1, -0.05) is 30.6 Å². The monoisotopic (exact) mass is 281 g/mol. The third-order valence-electron chi connectivity index (χ3n) is 3.45. The maximum absolute atomic E-state index is 12.1. The molecule has 1 aliphatic rings. The van der Waals surface area contributed by atoms with E-state index in [2.05, 4.69) is 10.5 Å². The molecule has 1 aliphatic carbocycles. The van der Waals surface area contributed by atoms with Crippen LogP contribution in [0.15, 0.2) is 23.4 Å². The average molecular weight is 282 g/mol. The van der Waals surface area contributed by atoms with Crippen molar-refractivity contribution < 1.29 is 10.0 Å². The second kappa shape index (κ2) is 4.74. The Morgan fingerprint density at radius 2 is 2.21 bits per heavy atom. The van der Waals surface area contributed by atoms with Gasteiger partial charge in [0.05, 0.1) is 5.69 Å². The quantitative estimate of drug-likeness (QED) is 0.344. The first-order valence-corrected chi connectivity index (χ1v) is 6.31. The first-order chi connectivity index (χ1) is 8.85. The number of anilines is 1. The second-order valence-electron chi connectivity index (χ2n) is 5.41. The van der Waals surface area contributed by atoms with Crippen molar-refractivity contribution in [1.82, 2.24) is 0 Å². The van der Waals surface area contributed by atoms with Gasteiger partial charge in [-0.3, -0.25) is 4.79 Å². The van der Waals surface area contributed by atoms with Gasteiger partial charge in [0.2, 0.25) is 5.91 Å². The zero-order valence-electron chi connectivity index (χ0n) is 10.8. The molecular weight excluding hydrogens is 266 g/mol. The molecular formula is C13H16ClN3O2. The average Bonchev–Trinajstić information content (AvgIpc) is 2.98. The third kappa shape index (κ3) is 2.81. The molecule has 1 unspecified atom stereocenters. The molecule has 1 amide bonds. The molecule has 1 aromatic carbocycles. The van der Waals surface area contributed by atoms with E-state index < -0.39 is 0 Å². The van der Waals surface area contributed by atoms with Gasteiger partial charge in [0.25, 0.3) is 0 Å². The molecule has 5 nitrogen and oxygen atoms in total. The molecule has 0 aliphatic heterocycles. The largest absolute Gasteiger partial charge is 0.409 e. The van der Waals surface area contributed by atoms with Crippen LogP contribution in [0, 0.1) is 11.3 Å². The van der Waals surface area contributed by atoms with E-state index in [1.54, 1.807) is 18.2 Å². The molecule has 0 heterocycles. The number of oxime groups is 1. The molecule has 1 atom stereocenters. The van der Waals surface area contributed by atoms with Crippen molar-refractivity contribution in [2.24, 2.45) is 22.2 Å². The SMILES string of the molecule is CC1(C)CC1C(=O)Nc1cc(Cl)ccc1/C(N)=N/O. The number of benzene rings is 1. The summed E-state index contributed by atoms with van der Waals surface area (Å²) in [6.07, 6.45) is 0.859. The number of rotatable bonds is 3. The van der Waals surface area contributed by atoms with Crippen LogP contribution in [0.25, 0.3) is 0 Å². The van der Waals surface area contributed by atoms with Gasteiger partial charge >= 0.3 is 0 Å². The van der Waals surface area contributed by atoms with Crippen LogP contribution in [0.2, 0.25) is 5.02 Å². The Morgan fingerprint density at radius 1 is 1.58 bits per heavy atom. The Labute approximate surface area is 116 Å². The summed E-state index contributed by atoms with van der Waals surface area (Å²) in [5, 5.41) is 14.9. The van der Waals surface area contributed by atoms with Gasteiger partial charge in [0, 0.05) is 16.5 Å². The predicted molar refractivity (Wildman–Crippen MR) is 74.5 cm³/mol. The van der Waals surface area contributed by atoms with Gasteiger partial charge in [-0.25, -0.2) is 0 Å². The van der Waals surface area contributed by atoms with Crippen molar-refractivity contribution >= 4 is 29.0 Å². The highest BCUT2D eigenvalue weighted by molar-refractivity contribution is 6.31. The van der Waals surface area contributed by atoms with Crippen LogP contribution in [0.1, 0.15) is 25.8 Å². The van der Waals surface area contributed by atoms with Gasteiger partial charge in [0.1, 0.15) is 0 Å². The molecule has 0 saturated heterocycles. The van der Waals surface area contributed by atoms with Crippen molar-refractivity contribution in [2.75, 3.05) is 5.32 Å². The van der Waals surface area contributed by atoms with Crippen molar-refractivity contribution in [3.8, 4) is 0 Å². The van der Waals surface area contributed by atoms with Crippen molar-refractivity contribution in [2.45, 2.75) is 20.3 Å². The minimum Gasteiger partial charge on any atom is -0.409 e. The highest BCUT2D eigenvalue weighted by Gasteiger charge is 2.50. The lowest BCUT2D eigenvalue weighted by atomic mass is 10.1. The van der Waals surface area contributed by atoms with Crippen LogP contribution in [-0.2, 0) is 4.79 Å². The lowest BCUT2D eigenvalue weighted by Crippen LogP contribution is -2.21. The fraction of sp³-hybridized carbons (Fsp3) is 0.385. The summed E-state index contributed by atoms with van der Waals surface area (Å²) in [4.78, 5) is 12.1. The summed E-state index contributed by atoms with van der Waals surface area (Å²) in [5.41, 5.74) is 6.51. The summed E-state index contributed by atoms with van der Waals surface area (Å²) in [6, 6.07) is 4.80. The van der Waals surface area contributed by atoms with Gasteiger partial charge in [-0.15, -0.1) is 0 Å². The molecule has 2 rings (SSSR count). The molecule has 1 aromatic rings. The molecule has 0 bridgehead atoms. The zero-order chi connectivity index (χ0) is 14.2. The van der Waals surface area contributed by atoms with E-state index in [1.165, 1.54) is 0 Å². The molecule has 4 N–H and O–H groups in total. The number of hydrogen-bond acceptors (Lipinski definition) is 3. The zero-order valence-corrected chi connectivity index (χ0v) is 11.5. The molecule has 0 aromatic heterocycles. The van der Waals surface area contributed by atoms with Crippen LogP contribution < -0.4 is 11.1 Å². The van der Waals surface area contributed by atoms with E-state index in [1.807, 2.05) is 13.8 Å². The number of carbonyl (C=O) groups excluding carboxylic acids is 1. The fourth-order valence-electron chi connectivity index (χ4n) is 2.03. The molecule has 1 fully saturated rings. The van der Waals surface area contributed by atoms with Crippen LogP contribution in [0.3, 0.4) is 0 Å². The Morgan fingerprint density at radius 3 is 2.74 bits per heavy atom. The number of carbonyl (C=O) groups is 1. The first kappa shape index (κ1) is 13.7. The number of amidine groups is 1.